The number of carbonyl (C=O) groups is 1. The molecule has 1 aliphatic heterocycles. The first-order valence-electron chi connectivity index (χ1n) is 9.73. The molecule has 1 amide bonds. The molecule has 0 aliphatic carbocycles. The van der Waals surface area contributed by atoms with Crippen LogP contribution < -0.4 is 16.0 Å². The molecule has 2 unspecified atom stereocenters. The average Bonchev–Trinajstić information content (AvgIpc) is 2.52. The van der Waals surface area contributed by atoms with Crippen molar-refractivity contribution in [1.29, 1.82) is 0 Å². The number of hydrogen-bond acceptors (Lipinski definition) is 5. The normalized spacial score (nSPS) is 20.7. The summed E-state index contributed by atoms with van der Waals surface area (Å²) in [4.78, 5) is 18.7. The van der Waals surface area contributed by atoms with Gasteiger partial charge in [-0.1, -0.05) is 0 Å². The van der Waals surface area contributed by atoms with Gasteiger partial charge in [-0.3, -0.25) is 9.89 Å². The van der Waals surface area contributed by atoms with Gasteiger partial charge in [0.25, 0.3) is 0 Å². The molecular weight excluding hydrogens is 346 g/mol. The van der Waals surface area contributed by atoms with E-state index in [1.807, 2.05) is 34.6 Å². The molecule has 0 aromatic heterocycles. The lowest BCUT2D eigenvalue weighted by molar-refractivity contribution is -0.0174. The van der Waals surface area contributed by atoms with Crippen LogP contribution in [0.5, 0.6) is 0 Å². The predicted molar refractivity (Wildman–Crippen MR) is 109 cm³/mol. The Morgan fingerprint density at radius 1 is 1.30 bits per heavy atom. The van der Waals surface area contributed by atoms with Crippen LogP contribution in [0.25, 0.3) is 0 Å². The van der Waals surface area contributed by atoms with Crippen LogP contribution in [0.1, 0.15) is 48.5 Å². The third-order valence-corrected chi connectivity index (χ3v) is 4.31. The minimum absolute atomic E-state index is 0.371. The number of carbonyl (C=O) groups excluding carboxylic acids is 1. The summed E-state index contributed by atoms with van der Waals surface area (Å²) in [6.07, 6.45) is -0.424. The monoisotopic (exact) mass is 385 g/mol. The molecule has 2 atom stereocenters. The lowest BCUT2D eigenvalue weighted by Gasteiger charge is -2.38. The van der Waals surface area contributed by atoms with E-state index in [2.05, 4.69) is 39.7 Å². The summed E-state index contributed by atoms with van der Waals surface area (Å²) < 4.78 is 10.8. The molecule has 1 aliphatic rings. The van der Waals surface area contributed by atoms with Gasteiger partial charge >= 0.3 is 6.09 Å². The van der Waals surface area contributed by atoms with Crippen LogP contribution in [0.3, 0.4) is 0 Å². The molecule has 8 heteroatoms. The van der Waals surface area contributed by atoms with Crippen molar-refractivity contribution in [3.8, 4) is 0 Å². The maximum atomic E-state index is 12.0. The van der Waals surface area contributed by atoms with Crippen molar-refractivity contribution in [2.24, 2.45) is 4.99 Å². The Balaban J connectivity index is 2.43. The molecule has 1 rings (SSSR count). The first kappa shape index (κ1) is 23.5. The van der Waals surface area contributed by atoms with Gasteiger partial charge in [-0.15, -0.1) is 0 Å². The summed E-state index contributed by atoms with van der Waals surface area (Å²) >= 11 is 0. The molecule has 0 aromatic rings. The van der Waals surface area contributed by atoms with Crippen LogP contribution in [-0.2, 0) is 9.47 Å². The predicted octanol–water partition coefficient (Wildman–Crippen LogP) is 1.56. The number of nitrogens with one attached hydrogen (secondary N) is 3. The molecule has 1 saturated heterocycles. The van der Waals surface area contributed by atoms with Gasteiger partial charge in [0.05, 0.1) is 18.8 Å². The third-order valence-electron chi connectivity index (χ3n) is 4.31. The summed E-state index contributed by atoms with van der Waals surface area (Å²) in [5.74, 6) is 0.710. The standard InChI is InChI=1S/C19H39N5O3/c1-14(24-9-10-26-12-15(24)2)11-21-16(20-8)22-13-19(6,7)23-17(25)27-18(3,4)5/h14-15H,9-13H2,1-8H3,(H,23,25)(H2,20,21,22). The molecule has 0 aromatic carbocycles. The number of hydrogen-bond donors (Lipinski definition) is 3. The minimum Gasteiger partial charge on any atom is -0.444 e. The zero-order valence-electron chi connectivity index (χ0n) is 18.3. The minimum atomic E-state index is -0.516. The van der Waals surface area contributed by atoms with Crippen LogP contribution in [0.4, 0.5) is 4.79 Å². The number of rotatable bonds is 6. The Bertz CT molecular complexity index is 502. The maximum Gasteiger partial charge on any atom is 0.408 e. The van der Waals surface area contributed by atoms with E-state index in [0.717, 1.165) is 26.3 Å². The molecule has 158 valence electrons. The van der Waals surface area contributed by atoms with Crippen molar-refractivity contribution >= 4 is 12.1 Å². The van der Waals surface area contributed by atoms with E-state index in [9.17, 15) is 4.79 Å². The number of amides is 1. The molecule has 0 saturated carbocycles. The highest BCUT2D eigenvalue weighted by Gasteiger charge is 2.26. The van der Waals surface area contributed by atoms with Crippen molar-refractivity contribution in [3.63, 3.8) is 0 Å². The highest BCUT2D eigenvalue weighted by Crippen LogP contribution is 2.10. The summed E-state index contributed by atoms with van der Waals surface area (Å²) in [7, 11) is 1.74. The summed E-state index contributed by atoms with van der Waals surface area (Å²) in [5, 5.41) is 9.52. The van der Waals surface area contributed by atoms with Crippen LogP contribution in [-0.4, -0.2) is 80.1 Å². The third kappa shape index (κ3) is 9.28. The molecule has 8 nitrogen and oxygen atoms in total. The Morgan fingerprint density at radius 3 is 2.52 bits per heavy atom. The van der Waals surface area contributed by atoms with E-state index in [-0.39, 0.29) is 0 Å². The second-order valence-corrected chi connectivity index (χ2v) is 8.83. The number of nitrogens with zero attached hydrogens (tertiary/aromatic N) is 2. The van der Waals surface area contributed by atoms with E-state index in [4.69, 9.17) is 9.47 Å². The number of ether oxygens (including phenoxy) is 2. The molecule has 0 radical (unpaired) electrons. The van der Waals surface area contributed by atoms with Crippen LogP contribution in [0, 0.1) is 0 Å². The molecule has 0 spiro atoms. The van der Waals surface area contributed by atoms with Gasteiger partial charge < -0.3 is 25.4 Å². The van der Waals surface area contributed by atoms with E-state index >= 15 is 0 Å². The fraction of sp³-hybridized carbons (Fsp3) is 0.895. The molecular formula is C19H39N5O3. The highest BCUT2D eigenvalue weighted by molar-refractivity contribution is 5.79. The van der Waals surface area contributed by atoms with Crippen LogP contribution in [0.2, 0.25) is 0 Å². The van der Waals surface area contributed by atoms with Crippen LogP contribution >= 0.6 is 0 Å². The molecule has 27 heavy (non-hydrogen) atoms. The Morgan fingerprint density at radius 2 is 1.96 bits per heavy atom. The summed E-state index contributed by atoms with van der Waals surface area (Å²) in [6, 6.07) is 0.790. The lowest BCUT2D eigenvalue weighted by atomic mass is 10.1. The quantitative estimate of drug-likeness (QED) is 0.475. The Hall–Kier alpha value is -1.54. The van der Waals surface area contributed by atoms with Gasteiger partial charge in [0.2, 0.25) is 0 Å². The molecule has 1 heterocycles. The zero-order chi connectivity index (χ0) is 20.7. The molecule has 1 fully saturated rings. The Kier molecular flexibility index (Phi) is 8.81. The summed E-state index contributed by atoms with van der Waals surface area (Å²) in [5.41, 5.74) is -0.998. The van der Waals surface area contributed by atoms with Crippen molar-refractivity contribution in [1.82, 2.24) is 20.9 Å². The van der Waals surface area contributed by atoms with Gasteiger partial charge in [0.1, 0.15) is 5.60 Å². The van der Waals surface area contributed by atoms with Gasteiger partial charge in [0, 0.05) is 38.8 Å². The number of morpholine rings is 1. The summed E-state index contributed by atoms with van der Waals surface area (Å²) in [6.45, 7) is 17.6. The fourth-order valence-electron chi connectivity index (χ4n) is 2.91. The van der Waals surface area contributed by atoms with Crippen molar-refractivity contribution in [3.05, 3.63) is 0 Å². The van der Waals surface area contributed by atoms with Gasteiger partial charge in [0.15, 0.2) is 5.96 Å². The zero-order valence-corrected chi connectivity index (χ0v) is 18.3. The number of guanidine groups is 1. The van der Waals surface area contributed by atoms with E-state index in [0.29, 0.717) is 24.6 Å². The SMILES string of the molecule is CN=C(NCC(C)N1CCOCC1C)NCC(C)(C)NC(=O)OC(C)(C)C. The van der Waals surface area contributed by atoms with E-state index < -0.39 is 17.2 Å². The van der Waals surface area contributed by atoms with Gasteiger partial charge in [-0.05, 0) is 48.5 Å². The van der Waals surface area contributed by atoms with Crippen LogP contribution in [0.15, 0.2) is 4.99 Å². The second-order valence-electron chi connectivity index (χ2n) is 8.83. The van der Waals surface area contributed by atoms with Gasteiger partial charge in [-0.2, -0.15) is 0 Å². The number of aliphatic imine (C=N–C) groups is 1. The first-order chi connectivity index (χ1) is 12.4. The topological polar surface area (TPSA) is 87.2 Å². The number of alkyl carbamates (subject to hydrolysis) is 1. The van der Waals surface area contributed by atoms with Crippen molar-refractivity contribution in [2.45, 2.75) is 71.7 Å². The first-order valence-corrected chi connectivity index (χ1v) is 9.73. The second kappa shape index (κ2) is 10.1. The van der Waals surface area contributed by atoms with E-state index in [1.165, 1.54) is 0 Å². The molecule has 3 N–H and O–H groups in total. The fourth-order valence-corrected chi connectivity index (χ4v) is 2.91. The molecule has 0 bridgehead atoms. The van der Waals surface area contributed by atoms with E-state index in [1.54, 1.807) is 7.05 Å². The lowest BCUT2D eigenvalue weighted by Crippen LogP contribution is -2.56. The average molecular weight is 386 g/mol. The Labute approximate surface area is 164 Å². The highest BCUT2D eigenvalue weighted by atomic mass is 16.6. The van der Waals surface area contributed by atoms with Crippen molar-refractivity contribution in [2.75, 3.05) is 39.9 Å². The van der Waals surface area contributed by atoms with Crippen molar-refractivity contribution < 1.29 is 14.3 Å². The largest absolute Gasteiger partial charge is 0.444 e. The maximum absolute atomic E-state index is 12.0. The smallest absolute Gasteiger partial charge is 0.408 e. The van der Waals surface area contributed by atoms with Gasteiger partial charge in [-0.25, -0.2) is 4.79 Å².